The molecule has 0 atom stereocenters. The van der Waals surface area contributed by atoms with Crippen molar-refractivity contribution in [3.63, 3.8) is 0 Å². The molecular weight excluding hydrogens is 833 g/mol. The highest BCUT2D eigenvalue weighted by Crippen LogP contribution is 2.34. The van der Waals surface area contributed by atoms with Gasteiger partial charge in [0.1, 0.15) is 30.8 Å². The smallest absolute Gasteiger partial charge is 0.416 e. The van der Waals surface area contributed by atoms with Gasteiger partial charge in [0.2, 0.25) is 11.7 Å². The Hall–Kier alpha value is -6.50. The van der Waals surface area contributed by atoms with Crippen LogP contribution in [0.2, 0.25) is 5.02 Å². The van der Waals surface area contributed by atoms with Gasteiger partial charge < -0.3 is 34.1 Å². The first kappa shape index (κ1) is 43.6. The number of amides is 3. The lowest BCUT2D eigenvalue weighted by Gasteiger charge is -2.36. The maximum absolute atomic E-state index is 14.5. The fraction of sp³-hybridized carbons (Fsp3) is 0.381. The fourth-order valence-electron chi connectivity index (χ4n) is 7.11. The van der Waals surface area contributed by atoms with E-state index in [0.717, 1.165) is 33.9 Å². The molecule has 0 spiro atoms. The number of alkyl halides is 3. The molecule has 0 saturated carbocycles. The molecule has 5 heterocycles. The zero-order chi connectivity index (χ0) is 44.5. The molecule has 2 fully saturated rings. The Bertz CT molecular complexity index is 2610. The van der Waals surface area contributed by atoms with Crippen LogP contribution in [0.15, 0.2) is 65.2 Å². The lowest BCUT2D eigenvalue weighted by Crippen LogP contribution is -2.51. The summed E-state index contributed by atoms with van der Waals surface area (Å²) in [5, 5.41) is 6.78. The Morgan fingerprint density at radius 2 is 1.68 bits per heavy atom. The average Bonchev–Trinajstić information content (AvgIpc) is 3.64. The molecule has 326 valence electrons. The third kappa shape index (κ3) is 9.51. The van der Waals surface area contributed by atoms with Crippen LogP contribution in [0.1, 0.15) is 66.5 Å². The number of hydrogen-bond donors (Lipinski definition) is 1. The van der Waals surface area contributed by atoms with E-state index in [2.05, 4.69) is 25.4 Å². The molecule has 1 N–H and O–H groups in total. The number of aryl methyl sites for hydroxylation is 1. The molecule has 0 unspecified atom stereocenters. The van der Waals surface area contributed by atoms with E-state index in [-0.39, 0.29) is 97.6 Å². The van der Waals surface area contributed by atoms with Crippen LogP contribution in [-0.2, 0) is 35.3 Å². The quantitative estimate of drug-likeness (QED) is 0.174. The summed E-state index contributed by atoms with van der Waals surface area (Å²) >= 11 is 6.17. The minimum absolute atomic E-state index is 0.0374. The van der Waals surface area contributed by atoms with Crippen molar-refractivity contribution in [2.75, 3.05) is 49.5 Å². The summed E-state index contributed by atoms with van der Waals surface area (Å²) in [6.07, 6.45) is -1.89. The van der Waals surface area contributed by atoms with E-state index < -0.39 is 41.4 Å². The number of carbonyl (C=O) groups is 3. The van der Waals surface area contributed by atoms with E-state index >= 15 is 0 Å². The molecule has 3 amide bonds. The van der Waals surface area contributed by atoms with Gasteiger partial charge in [0.15, 0.2) is 17.3 Å². The molecule has 2 aliphatic rings. The first-order valence-corrected chi connectivity index (χ1v) is 20.2. The molecule has 16 nitrogen and oxygen atoms in total. The molecular formula is C42H44ClF3N10O6. The van der Waals surface area contributed by atoms with Gasteiger partial charge in [-0.05, 0) is 69.5 Å². The van der Waals surface area contributed by atoms with Crippen molar-refractivity contribution in [1.29, 1.82) is 0 Å². The number of fused-ring (bicyclic) bond motifs is 1. The minimum Gasteiger partial charge on any atom is -0.485 e. The Balaban J connectivity index is 1.17. The van der Waals surface area contributed by atoms with Crippen LogP contribution in [0.5, 0.6) is 5.75 Å². The summed E-state index contributed by atoms with van der Waals surface area (Å²) in [5.74, 6) is -0.557. The number of carbonyl (C=O) groups excluding carboxylic acids is 3. The van der Waals surface area contributed by atoms with E-state index in [1.54, 1.807) is 38.7 Å². The van der Waals surface area contributed by atoms with Gasteiger partial charge in [0.05, 0.1) is 27.7 Å². The first-order chi connectivity index (χ1) is 29.4. The van der Waals surface area contributed by atoms with Crippen molar-refractivity contribution >= 4 is 52.7 Å². The number of nitrogens with one attached hydrogen (secondary N) is 1. The van der Waals surface area contributed by atoms with Crippen LogP contribution in [0.25, 0.3) is 11.9 Å². The molecule has 5 aromatic rings. The summed E-state index contributed by atoms with van der Waals surface area (Å²) in [6, 6.07) is 12.1. The number of halogens is 4. The summed E-state index contributed by atoms with van der Waals surface area (Å²) in [6.45, 7) is 10.0. The Morgan fingerprint density at radius 1 is 0.968 bits per heavy atom. The summed E-state index contributed by atoms with van der Waals surface area (Å²) in [7, 11) is 0. The normalized spacial score (nSPS) is 14.5. The highest BCUT2D eigenvalue weighted by atomic mass is 35.5. The number of hydrogen-bond acceptors (Lipinski definition) is 11. The lowest BCUT2D eigenvalue weighted by molar-refractivity contribution is -0.137. The highest BCUT2D eigenvalue weighted by Gasteiger charge is 2.34. The van der Waals surface area contributed by atoms with E-state index in [1.165, 1.54) is 15.8 Å². The van der Waals surface area contributed by atoms with E-state index in [1.807, 2.05) is 42.2 Å². The first-order valence-electron chi connectivity index (χ1n) is 19.8. The second-order valence-electron chi connectivity index (χ2n) is 15.8. The van der Waals surface area contributed by atoms with E-state index in [9.17, 15) is 32.3 Å². The summed E-state index contributed by atoms with van der Waals surface area (Å²) < 4.78 is 54.1. The van der Waals surface area contributed by atoms with E-state index in [4.69, 9.17) is 21.1 Å². The molecule has 3 aromatic heterocycles. The SMILES string of the molecule is CCc1c(N2CCN(C(=O)c3ncnc(C)c3OCc3ccccc3)CC2)c(=O)n2nc(C=C3CN(C(=O)OC(C)(C)C)C3)nc2n1CC(=O)Nc1ccc(C(F)(F)F)cc1Cl. The molecule has 62 heavy (non-hydrogen) atoms. The van der Waals surface area contributed by atoms with Gasteiger partial charge >= 0.3 is 12.3 Å². The molecule has 0 bridgehead atoms. The van der Waals surface area contributed by atoms with Crippen LogP contribution < -0.4 is 20.5 Å². The van der Waals surface area contributed by atoms with Crippen molar-refractivity contribution < 1.29 is 37.0 Å². The topological polar surface area (TPSA) is 169 Å². The lowest BCUT2D eigenvalue weighted by atomic mass is 10.1. The zero-order valence-corrected chi connectivity index (χ0v) is 35.4. The van der Waals surface area contributed by atoms with Crippen molar-refractivity contribution in [2.45, 2.75) is 66.0 Å². The Kier molecular flexibility index (Phi) is 12.3. The van der Waals surface area contributed by atoms with Crippen molar-refractivity contribution in [1.82, 2.24) is 38.9 Å². The minimum atomic E-state index is -4.64. The van der Waals surface area contributed by atoms with Crippen LogP contribution >= 0.6 is 11.6 Å². The Morgan fingerprint density at radius 3 is 2.32 bits per heavy atom. The number of aromatic nitrogens is 6. The maximum Gasteiger partial charge on any atom is 0.416 e. The van der Waals surface area contributed by atoms with Crippen molar-refractivity contribution in [3.05, 3.63) is 110 Å². The van der Waals surface area contributed by atoms with Gasteiger partial charge in [-0.1, -0.05) is 48.9 Å². The third-order valence-corrected chi connectivity index (χ3v) is 10.4. The monoisotopic (exact) mass is 876 g/mol. The molecule has 2 aliphatic heterocycles. The van der Waals surface area contributed by atoms with Crippen molar-refractivity contribution in [2.24, 2.45) is 0 Å². The number of likely N-dealkylation sites (tertiary alicyclic amines) is 1. The number of nitrogens with zero attached hydrogens (tertiary/aromatic N) is 9. The van der Waals surface area contributed by atoms with Gasteiger partial charge in [-0.15, -0.1) is 5.10 Å². The molecule has 20 heteroatoms. The largest absolute Gasteiger partial charge is 0.485 e. The zero-order valence-electron chi connectivity index (χ0n) is 34.6. The van der Waals surface area contributed by atoms with Gasteiger partial charge in [0.25, 0.3) is 11.5 Å². The van der Waals surface area contributed by atoms with Crippen LogP contribution in [0.3, 0.4) is 0 Å². The van der Waals surface area contributed by atoms with Gasteiger partial charge in [-0.3, -0.25) is 14.4 Å². The van der Waals surface area contributed by atoms with Crippen LogP contribution in [-0.4, -0.2) is 102 Å². The molecule has 2 aromatic carbocycles. The highest BCUT2D eigenvalue weighted by molar-refractivity contribution is 6.33. The number of anilines is 2. The van der Waals surface area contributed by atoms with Crippen LogP contribution in [0, 0.1) is 6.92 Å². The molecule has 0 radical (unpaired) electrons. The average molecular weight is 877 g/mol. The van der Waals surface area contributed by atoms with Crippen LogP contribution in [0.4, 0.5) is 29.3 Å². The van der Waals surface area contributed by atoms with Crippen molar-refractivity contribution in [3.8, 4) is 5.75 Å². The predicted octanol–water partition coefficient (Wildman–Crippen LogP) is 6.04. The Labute approximate surface area is 358 Å². The van der Waals surface area contributed by atoms with Gasteiger partial charge in [0, 0.05) is 39.3 Å². The molecule has 0 aliphatic carbocycles. The number of piperazine rings is 1. The maximum atomic E-state index is 14.5. The number of ether oxygens (including phenoxy) is 2. The fourth-order valence-corrected chi connectivity index (χ4v) is 7.33. The number of benzene rings is 2. The summed E-state index contributed by atoms with van der Waals surface area (Å²) in [4.78, 5) is 72.7. The second-order valence-corrected chi connectivity index (χ2v) is 16.2. The van der Waals surface area contributed by atoms with E-state index in [0.29, 0.717) is 11.4 Å². The molecule has 2 saturated heterocycles. The third-order valence-electron chi connectivity index (χ3n) is 10.1. The summed E-state index contributed by atoms with van der Waals surface area (Å²) in [5.41, 5.74) is 0.794. The standard InChI is InChI=1S/C42H44ClF3N10O6/c1-6-31-35(52-14-16-53(17-15-52)37(58)34-36(25(2)47-24-48-34)61-23-26-10-8-7-9-11-26)38(59)56-39(50-32(51-56)18-27-20-54(21-27)40(60)62-41(3,4)5)55(31)22-33(57)49-30-13-12-28(19-29(30)43)42(44,45)46/h7-13,18-19,24H,6,14-17,20-23H2,1-5H3,(H,49,57). The second kappa shape index (κ2) is 17.5. The molecule has 7 rings (SSSR count). The van der Waals surface area contributed by atoms with Gasteiger partial charge in [-0.25, -0.2) is 14.8 Å². The van der Waals surface area contributed by atoms with Gasteiger partial charge in [-0.2, -0.15) is 22.7 Å². The predicted molar refractivity (Wildman–Crippen MR) is 223 cm³/mol. The number of rotatable bonds is 10.